The van der Waals surface area contributed by atoms with Crippen LogP contribution in [0.1, 0.15) is 6.92 Å². The average Bonchev–Trinajstić information content (AvgIpc) is 3.20. The van der Waals surface area contributed by atoms with Gasteiger partial charge in [-0.25, -0.2) is 4.90 Å². The molecule has 3 heterocycles. The SMILES string of the molecule is COc1cc([N+](=O)[O-])ccc1N1C(=O)[C@@H]2[C@@H](C1=O)[C@@]1(CO)C=C[C@@]2(C)O1. The predicted molar refractivity (Wildman–Crippen MR) is 87.6 cm³/mol. The van der Waals surface area contributed by atoms with Crippen LogP contribution in [0.25, 0.3) is 0 Å². The number of aliphatic hydroxyl groups is 1. The summed E-state index contributed by atoms with van der Waals surface area (Å²) in [4.78, 5) is 37.5. The summed E-state index contributed by atoms with van der Waals surface area (Å²) in [6.45, 7) is 1.28. The van der Waals surface area contributed by atoms with Crippen molar-refractivity contribution in [2.24, 2.45) is 11.8 Å². The molecule has 0 radical (unpaired) electrons. The molecule has 2 fully saturated rings. The molecule has 2 saturated heterocycles. The quantitative estimate of drug-likeness (QED) is 0.365. The molecule has 1 aromatic rings. The standard InChI is InChI=1S/C17H16N2O7/c1-16-5-6-17(8-20,26-16)13-12(16)14(21)18(15(13)22)10-4-3-9(19(23)24)7-11(10)25-2/h3-7,12-13,20H,8H2,1-2H3/t12-,13-,16+,17-/m0/s1. The molecule has 9 heteroatoms. The Kier molecular flexibility index (Phi) is 3.28. The van der Waals surface area contributed by atoms with E-state index in [0.29, 0.717) is 0 Å². The number of benzene rings is 1. The highest BCUT2D eigenvalue weighted by Gasteiger charge is 2.72. The fourth-order valence-electron chi connectivity index (χ4n) is 4.24. The van der Waals surface area contributed by atoms with E-state index in [1.54, 1.807) is 19.1 Å². The molecule has 3 aliphatic heterocycles. The van der Waals surface area contributed by atoms with Gasteiger partial charge in [0.25, 0.3) is 5.69 Å². The summed E-state index contributed by atoms with van der Waals surface area (Å²) in [5, 5.41) is 20.8. The largest absolute Gasteiger partial charge is 0.494 e. The Balaban J connectivity index is 1.81. The number of hydrogen-bond donors (Lipinski definition) is 1. The van der Waals surface area contributed by atoms with E-state index in [2.05, 4.69) is 0 Å². The van der Waals surface area contributed by atoms with E-state index in [9.17, 15) is 24.8 Å². The molecule has 4 atom stereocenters. The van der Waals surface area contributed by atoms with E-state index in [-0.39, 0.29) is 17.1 Å². The summed E-state index contributed by atoms with van der Waals surface area (Å²) >= 11 is 0. The van der Waals surface area contributed by atoms with Gasteiger partial charge in [-0.3, -0.25) is 19.7 Å². The van der Waals surface area contributed by atoms with Crippen molar-refractivity contribution in [3.63, 3.8) is 0 Å². The van der Waals surface area contributed by atoms with Crippen LogP contribution in [-0.4, -0.2) is 46.8 Å². The Morgan fingerprint density at radius 2 is 2.00 bits per heavy atom. The molecule has 1 N–H and O–H groups in total. The van der Waals surface area contributed by atoms with Crippen LogP contribution in [0, 0.1) is 22.0 Å². The number of nitro groups is 1. The van der Waals surface area contributed by atoms with Crippen LogP contribution in [0.4, 0.5) is 11.4 Å². The summed E-state index contributed by atoms with van der Waals surface area (Å²) in [6.07, 6.45) is 3.34. The number of non-ortho nitro benzene ring substituents is 1. The molecule has 0 unspecified atom stereocenters. The van der Waals surface area contributed by atoms with Crippen LogP contribution in [0.5, 0.6) is 5.75 Å². The number of carbonyl (C=O) groups excluding carboxylic acids is 2. The summed E-state index contributed by atoms with van der Waals surface area (Å²) in [5.41, 5.74) is -2.29. The third-order valence-electron chi connectivity index (χ3n) is 5.42. The Labute approximate surface area is 147 Å². The third kappa shape index (κ3) is 1.86. The second kappa shape index (κ2) is 5.12. The van der Waals surface area contributed by atoms with Crippen molar-refractivity contribution in [1.29, 1.82) is 0 Å². The molecule has 0 aliphatic carbocycles. The van der Waals surface area contributed by atoms with Gasteiger partial charge in [-0.05, 0) is 13.0 Å². The van der Waals surface area contributed by atoms with Gasteiger partial charge in [0.15, 0.2) is 0 Å². The summed E-state index contributed by atoms with van der Waals surface area (Å²) in [7, 11) is 1.30. The average molecular weight is 360 g/mol. The second-order valence-corrected chi connectivity index (χ2v) is 6.81. The Hall–Kier alpha value is -2.78. The number of nitro benzene ring substituents is 1. The fourth-order valence-corrected chi connectivity index (χ4v) is 4.24. The molecule has 4 rings (SSSR count). The number of imide groups is 1. The van der Waals surface area contributed by atoms with Crippen LogP contribution >= 0.6 is 0 Å². The van der Waals surface area contributed by atoms with Gasteiger partial charge in [0.1, 0.15) is 11.4 Å². The summed E-state index contributed by atoms with van der Waals surface area (Å²) in [6, 6.07) is 3.69. The second-order valence-electron chi connectivity index (χ2n) is 6.81. The van der Waals surface area contributed by atoms with Crippen molar-refractivity contribution < 1.29 is 29.1 Å². The van der Waals surface area contributed by atoms with Crippen molar-refractivity contribution in [3.8, 4) is 5.75 Å². The minimum absolute atomic E-state index is 0.0466. The number of rotatable bonds is 4. The molecule has 0 spiro atoms. The Morgan fingerprint density at radius 3 is 2.62 bits per heavy atom. The highest BCUT2D eigenvalue weighted by atomic mass is 16.6. The number of amides is 2. The lowest BCUT2D eigenvalue weighted by Crippen LogP contribution is -2.43. The molecular formula is C17H16N2O7. The van der Waals surface area contributed by atoms with Crippen molar-refractivity contribution >= 4 is 23.2 Å². The number of nitrogens with zero attached hydrogens (tertiary/aromatic N) is 2. The normalized spacial score (nSPS) is 34.5. The smallest absolute Gasteiger partial charge is 0.273 e. The minimum atomic E-state index is -1.23. The molecule has 2 amide bonds. The maximum absolute atomic E-state index is 13.1. The highest BCUT2D eigenvalue weighted by molar-refractivity contribution is 6.24. The molecule has 1 aromatic carbocycles. The number of ether oxygens (including phenoxy) is 2. The molecular weight excluding hydrogens is 344 g/mol. The Morgan fingerprint density at radius 1 is 1.31 bits per heavy atom. The number of aliphatic hydroxyl groups excluding tert-OH is 1. The first-order chi connectivity index (χ1) is 12.3. The molecule has 9 nitrogen and oxygen atoms in total. The zero-order valence-corrected chi connectivity index (χ0v) is 14.0. The lowest BCUT2D eigenvalue weighted by molar-refractivity contribution is -0.384. The molecule has 2 bridgehead atoms. The van der Waals surface area contributed by atoms with Gasteiger partial charge in [-0.1, -0.05) is 12.2 Å². The number of carbonyl (C=O) groups is 2. The van der Waals surface area contributed by atoms with Gasteiger partial charge >= 0.3 is 0 Å². The lowest BCUT2D eigenvalue weighted by Gasteiger charge is -2.27. The van der Waals surface area contributed by atoms with E-state index < -0.39 is 46.4 Å². The maximum Gasteiger partial charge on any atom is 0.273 e. The van der Waals surface area contributed by atoms with Gasteiger partial charge < -0.3 is 14.6 Å². The molecule has 0 saturated carbocycles. The first kappa shape index (κ1) is 16.7. The van der Waals surface area contributed by atoms with E-state index in [0.717, 1.165) is 11.0 Å². The van der Waals surface area contributed by atoms with Crippen LogP contribution in [-0.2, 0) is 14.3 Å². The predicted octanol–water partition coefficient (Wildman–Crippen LogP) is 0.799. The van der Waals surface area contributed by atoms with Crippen molar-refractivity contribution in [2.75, 3.05) is 18.6 Å². The summed E-state index contributed by atoms with van der Waals surface area (Å²) < 4.78 is 11.0. The van der Waals surface area contributed by atoms with Gasteiger partial charge in [0.2, 0.25) is 11.8 Å². The molecule has 136 valence electrons. The first-order valence-electron chi connectivity index (χ1n) is 7.99. The zero-order valence-electron chi connectivity index (χ0n) is 14.0. The topological polar surface area (TPSA) is 119 Å². The monoisotopic (exact) mass is 360 g/mol. The highest BCUT2D eigenvalue weighted by Crippen LogP contribution is 2.58. The van der Waals surface area contributed by atoms with E-state index >= 15 is 0 Å². The third-order valence-corrected chi connectivity index (χ3v) is 5.42. The number of fused-ring (bicyclic) bond motifs is 5. The molecule has 0 aromatic heterocycles. The van der Waals surface area contributed by atoms with Crippen LogP contribution in [0.2, 0.25) is 0 Å². The van der Waals surface area contributed by atoms with Crippen LogP contribution < -0.4 is 9.64 Å². The van der Waals surface area contributed by atoms with Crippen LogP contribution in [0.15, 0.2) is 30.4 Å². The van der Waals surface area contributed by atoms with Gasteiger partial charge in [0.05, 0.1) is 47.8 Å². The van der Waals surface area contributed by atoms with Gasteiger partial charge in [0, 0.05) is 6.07 Å². The van der Waals surface area contributed by atoms with Crippen LogP contribution in [0.3, 0.4) is 0 Å². The number of methoxy groups -OCH3 is 1. The van der Waals surface area contributed by atoms with Gasteiger partial charge in [-0.2, -0.15) is 0 Å². The van der Waals surface area contributed by atoms with Gasteiger partial charge in [-0.15, -0.1) is 0 Å². The van der Waals surface area contributed by atoms with Crippen molar-refractivity contribution in [3.05, 3.63) is 40.5 Å². The Bertz CT molecular complexity index is 882. The zero-order chi connectivity index (χ0) is 18.9. The molecule has 26 heavy (non-hydrogen) atoms. The lowest BCUT2D eigenvalue weighted by atomic mass is 9.73. The maximum atomic E-state index is 13.1. The number of anilines is 1. The minimum Gasteiger partial charge on any atom is -0.494 e. The van der Waals surface area contributed by atoms with Crippen molar-refractivity contribution in [1.82, 2.24) is 0 Å². The summed E-state index contributed by atoms with van der Waals surface area (Å²) in [5.74, 6) is -2.57. The van der Waals surface area contributed by atoms with E-state index in [4.69, 9.17) is 9.47 Å². The van der Waals surface area contributed by atoms with Crippen molar-refractivity contribution in [2.45, 2.75) is 18.1 Å². The van der Waals surface area contributed by atoms with E-state index in [1.807, 2.05) is 0 Å². The first-order valence-corrected chi connectivity index (χ1v) is 7.99. The fraction of sp³-hybridized carbons (Fsp3) is 0.412. The van der Waals surface area contributed by atoms with E-state index in [1.165, 1.54) is 19.2 Å². The number of hydrogen-bond acceptors (Lipinski definition) is 7. The molecule has 3 aliphatic rings.